The molecule has 0 saturated carbocycles. The van der Waals surface area contributed by atoms with Crippen molar-refractivity contribution in [2.75, 3.05) is 31.1 Å². The first-order valence-corrected chi connectivity index (χ1v) is 7.27. The summed E-state index contributed by atoms with van der Waals surface area (Å²) in [4.78, 5) is 12.5. The van der Waals surface area contributed by atoms with E-state index in [0.717, 1.165) is 32.7 Å². The summed E-state index contributed by atoms with van der Waals surface area (Å²) < 4.78 is 13.9. The summed E-state index contributed by atoms with van der Waals surface area (Å²) in [5.74, 6) is 0.0311. The van der Waals surface area contributed by atoms with Crippen LogP contribution in [0, 0.1) is 5.82 Å². The minimum Gasteiger partial charge on any atom is -0.352 e. The van der Waals surface area contributed by atoms with E-state index in [1.807, 2.05) is 17.2 Å². The van der Waals surface area contributed by atoms with Crippen molar-refractivity contribution >= 4 is 17.4 Å². The number of piperazine rings is 1. The number of hydrogen-bond donors (Lipinski definition) is 0. The molecule has 1 saturated heterocycles. The lowest BCUT2D eigenvalue weighted by Gasteiger charge is -2.35. The van der Waals surface area contributed by atoms with Crippen molar-refractivity contribution < 1.29 is 4.39 Å². The number of hydrogen-bond acceptors (Lipinski definition) is 4. The Morgan fingerprint density at radius 3 is 2.67 bits per heavy atom. The molecule has 2 aromatic rings. The van der Waals surface area contributed by atoms with Crippen LogP contribution in [0.5, 0.6) is 0 Å². The second kappa shape index (κ2) is 6.37. The Hall–Kier alpha value is -1.72. The Morgan fingerprint density at radius 2 is 2.00 bits per heavy atom. The number of nitrogens with zero attached hydrogens (tertiary/aromatic N) is 4. The Morgan fingerprint density at radius 1 is 1.19 bits per heavy atom. The van der Waals surface area contributed by atoms with Crippen LogP contribution in [0.15, 0.2) is 36.8 Å². The topological polar surface area (TPSA) is 32.3 Å². The summed E-state index contributed by atoms with van der Waals surface area (Å²) in [5.41, 5.74) is 1.20. The first-order valence-electron chi connectivity index (χ1n) is 6.89. The molecule has 0 atom stereocenters. The summed E-state index contributed by atoms with van der Waals surface area (Å²) in [6.45, 7) is 4.13. The van der Waals surface area contributed by atoms with Crippen LogP contribution >= 0.6 is 11.6 Å². The second-order valence-corrected chi connectivity index (χ2v) is 5.52. The van der Waals surface area contributed by atoms with Crippen LogP contribution in [-0.2, 0) is 6.54 Å². The van der Waals surface area contributed by atoms with Crippen LogP contribution in [0.2, 0.25) is 5.02 Å². The Bertz CT molecular complexity index is 600. The number of rotatable bonds is 3. The van der Waals surface area contributed by atoms with Crippen LogP contribution in [0.4, 0.5) is 10.2 Å². The van der Waals surface area contributed by atoms with Gasteiger partial charge in [0, 0.05) is 51.3 Å². The Balaban J connectivity index is 1.60. The van der Waals surface area contributed by atoms with Gasteiger partial charge in [-0.05, 0) is 17.7 Å². The summed E-state index contributed by atoms with van der Waals surface area (Å²) in [6.07, 6.45) is 5.14. The quantitative estimate of drug-likeness (QED) is 0.872. The van der Waals surface area contributed by atoms with Crippen LogP contribution in [0.1, 0.15) is 5.56 Å². The van der Waals surface area contributed by atoms with Gasteiger partial charge in [-0.1, -0.05) is 17.7 Å². The van der Waals surface area contributed by atoms with E-state index in [1.165, 1.54) is 17.8 Å². The molecule has 0 amide bonds. The van der Waals surface area contributed by atoms with Gasteiger partial charge in [0.25, 0.3) is 0 Å². The highest BCUT2D eigenvalue weighted by atomic mass is 35.5. The molecule has 3 heterocycles. The molecule has 21 heavy (non-hydrogen) atoms. The molecule has 0 bridgehead atoms. The van der Waals surface area contributed by atoms with Gasteiger partial charge in [0.2, 0.25) is 0 Å². The number of aromatic nitrogens is 2. The van der Waals surface area contributed by atoms with Crippen molar-refractivity contribution in [3.8, 4) is 0 Å². The van der Waals surface area contributed by atoms with E-state index in [1.54, 1.807) is 6.20 Å². The Labute approximate surface area is 128 Å². The summed E-state index contributed by atoms with van der Waals surface area (Å²) >= 11 is 5.73. The average Bonchev–Trinajstić information content (AvgIpc) is 2.49. The predicted molar refractivity (Wildman–Crippen MR) is 80.9 cm³/mol. The standard InChI is InChI=1S/C15H16ClFN4/c16-13-8-14(17)15(19-10-13)21-6-4-20(5-7-21)11-12-2-1-3-18-9-12/h1-3,8-10H,4-7,11H2. The van der Waals surface area contributed by atoms with Crippen molar-refractivity contribution in [1.82, 2.24) is 14.9 Å². The summed E-state index contributed by atoms with van der Waals surface area (Å²) in [7, 11) is 0. The van der Waals surface area contributed by atoms with Gasteiger partial charge in [-0.25, -0.2) is 9.37 Å². The first kappa shape index (κ1) is 14.2. The highest BCUT2D eigenvalue weighted by Gasteiger charge is 2.20. The van der Waals surface area contributed by atoms with E-state index in [-0.39, 0.29) is 5.82 Å². The van der Waals surface area contributed by atoms with Crippen LogP contribution in [0.25, 0.3) is 0 Å². The molecule has 0 unspecified atom stereocenters. The van der Waals surface area contributed by atoms with Crippen LogP contribution < -0.4 is 4.90 Å². The van der Waals surface area contributed by atoms with Gasteiger partial charge in [-0.3, -0.25) is 9.88 Å². The van der Waals surface area contributed by atoms with Gasteiger partial charge in [0.1, 0.15) is 0 Å². The molecule has 0 radical (unpaired) electrons. The maximum atomic E-state index is 13.9. The second-order valence-electron chi connectivity index (χ2n) is 5.08. The molecule has 4 nitrogen and oxygen atoms in total. The molecular formula is C15H16ClFN4. The van der Waals surface area contributed by atoms with Gasteiger partial charge < -0.3 is 4.90 Å². The molecule has 110 valence electrons. The fraction of sp³-hybridized carbons (Fsp3) is 0.333. The Kier molecular flexibility index (Phi) is 4.31. The third kappa shape index (κ3) is 3.49. The number of pyridine rings is 2. The van der Waals surface area contributed by atoms with Crippen molar-refractivity contribution in [2.45, 2.75) is 6.54 Å². The largest absolute Gasteiger partial charge is 0.352 e. The van der Waals surface area contributed by atoms with E-state index in [2.05, 4.69) is 20.9 Å². The SMILES string of the molecule is Fc1cc(Cl)cnc1N1CCN(Cc2cccnc2)CC1. The zero-order valence-electron chi connectivity index (χ0n) is 11.5. The molecule has 1 fully saturated rings. The van der Waals surface area contributed by atoms with E-state index in [4.69, 9.17) is 11.6 Å². The number of halogens is 2. The highest BCUT2D eigenvalue weighted by molar-refractivity contribution is 6.30. The molecule has 3 rings (SSSR count). The number of anilines is 1. The van der Waals surface area contributed by atoms with Crippen LogP contribution in [-0.4, -0.2) is 41.0 Å². The average molecular weight is 307 g/mol. The molecule has 0 N–H and O–H groups in total. The summed E-state index contributed by atoms with van der Waals surface area (Å²) in [6, 6.07) is 5.32. The minimum absolute atomic E-state index is 0.325. The van der Waals surface area contributed by atoms with Crippen molar-refractivity contribution in [3.63, 3.8) is 0 Å². The van der Waals surface area contributed by atoms with Crippen LogP contribution in [0.3, 0.4) is 0 Å². The van der Waals surface area contributed by atoms with Crippen molar-refractivity contribution in [3.05, 3.63) is 53.2 Å². The molecular weight excluding hydrogens is 291 g/mol. The van der Waals surface area contributed by atoms with Gasteiger partial charge in [0.15, 0.2) is 11.6 Å². The first-order chi connectivity index (χ1) is 10.2. The minimum atomic E-state index is -0.358. The van der Waals surface area contributed by atoms with Gasteiger partial charge in [0.05, 0.1) is 5.02 Å². The van der Waals surface area contributed by atoms with E-state index >= 15 is 0 Å². The molecule has 2 aromatic heterocycles. The lowest BCUT2D eigenvalue weighted by Crippen LogP contribution is -2.46. The van der Waals surface area contributed by atoms with E-state index in [0.29, 0.717) is 10.8 Å². The fourth-order valence-electron chi connectivity index (χ4n) is 2.51. The molecule has 0 aliphatic carbocycles. The van der Waals surface area contributed by atoms with Crippen molar-refractivity contribution in [2.24, 2.45) is 0 Å². The molecule has 0 spiro atoms. The van der Waals surface area contributed by atoms with E-state index < -0.39 is 0 Å². The third-order valence-electron chi connectivity index (χ3n) is 3.59. The van der Waals surface area contributed by atoms with Gasteiger partial charge >= 0.3 is 0 Å². The maximum absolute atomic E-state index is 13.9. The molecule has 0 aromatic carbocycles. The smallest absolute Gasteiger partial charge is 0.167 e. The zero-order chi connectivity index (χ0) is 14.7. The van der Waals surface area contributed by atoms with Gasteiger partial charge in [-0.2, -0.15) is 0 Å². The lowest BCUT2D eigenvalue weighted by molar-refractivity contribution is 0.248. The molecule has 1 aliphatic rings. The van der Waals surface area contributed by atoms with E-state index in [9.17, 15) is 4.39 Å². The lowest BCUT2D eigenvalue weighted by atomic mass is 10.2. The normalized spacial score (nSPS) is 16.2. The summed E-state index contributed by atoms with van der Waals surface area (Å²) in [5, 5.41) is 0.325. The zero-order valence-corrected chi connectivity index (χ0v) is 12.3. The van der Waals surface area contributed by atoms with Gasteiger partial charge in [-0.15, -0.1) is 0 Å². The highest BCUT2D eigenvalue weighted by Crippen LogP contribution is 2.21. The third-order valence-corrected chi connectivity index (χ3v) is 3.80. The molecule has 1 aliphatic heterocycles. The fourth-order valence-corrected chi connectivity index (χ4v) is 2.65. The predicted octanol–water partition coefficient (Wildman–Crippen LogP) is 2.59. The monoisotopic (exact) mass is 306 g/mol. The maximum Gasteiger partial charge on any atom is 0.167 e. The van der Waals surface area contributed by atoms with Crippen molar-refractivity contribution in [1.29, 1.82) is 0 Å². The molecule has 6 heteroatoms.